The molecule has 1 aliphatic heterocycles. The Labute approximate surface area is 134 Å². The van der Waals surface area contributed by atoms with Crippen molar-refractivity contribution in [2.24, 2.45) is 5.92 Å². The molecule has 3 heterocycles. The minimum absolute atomic E-state index is 0.0862. The molecule has 1 aliphatic rings. The summed E-state index contributed by atoms with van der Waals surface area (Å²) >= 11 is 1.60. The van der Waals surface area contributed by atoms with E-state index in [0.717, 1.165) is 30.7 Å². The molecule has 0 unspecified atom stereocenters. The Bertz CT molecular complexity index is 623. The summed E-state index contributed by atoms with van der Waals surface area (Å²) in [5.74, 6) is 1.79. The summed E-state index contributed by atoms with van der Waals surface area (Å²) in [5.41, 5.74) is 0. The number of aromatic nitrogens is 2. The predicted molar refractivity (Wildman–Crippen MR) is 85.6 cm³/mol. The minimum Gasteiger partial charge on any atom is -0.342 e. The molecule has 0 aromatic carbocycles. The molecule has 0 aliphatic carbocycles. The van der Waals surface area contributed by atoms with Crippen LogP contribution in [0.4, 0.5) is 0 Å². The SMILES string of the molecule is CC[C@H](C)C(=O)N1CCC[C@H](c2nc(-c3cccs3)no2)C1. The van der Waals surface area contributed by atoms with E-state index in [1.165, 1.54) is 0 Å². The quantitative estimate of drug-likeness (QED) is 0.864. The number of piperidine rings is 1. The van der Waals surface area contributed by atoms with Crippen molar-refractivity contribution in [1.82, 2.24) is 15.0 Å². The molecule has 1 fully saturated rings. The fourth-order valence-corrected chi connectivity index (χ4v) is 3.42. The molecule has 2 aromatic heterocycles. The third-order valence-corrected chi connectivity index (χ3v) is 5.17. The number of likely N-dealkylation sites (tertiary alicyclic amines) is 1. The smallest absolute Gasteiger partial charge is 0.231 e. The van der Waals surface area contributed by atoms with Gasteiger partial charge in [0.2, 0.25) is 17.6 Å². The highest BCUT2D eigenvalue weighted by atomic mass is 32.1. The molecule has 3 rings (SSSR count). The van der Waals surface area contributed by atoms with Crippen LogP contribution in [0.15, 0.2) is 22.0 Å². The highest BCUT2D eigenvalue weighted by Gasteiger charge is 2.30. The van der Waals surface area contributed by atoms with E-state index in [0.29, 0.717) is 18.3 Å². The van der Waals surface area contributed by atoms with Gasteiger partial charge in [-0.1, -0.05) is 25.1 Å². The van der Waals surface area contributed by atoms with Crippen LogP contribution >= 0.6 is 11.3 Å². The van der Waals surface area contributed by atoms with Crippen molar-refractivity contribution in [1.29, 1.82) is 0 Å². The molecule has 0 radical (unpaired) electrons. The number of thiophene rings is 1. The maximum absolute atomic E-state index is 12.4. The normalized spacial score (nSPS) is 20.1. The second kappa shape index (κ2) is 6.60. The van der Waals surface area contributed by atoms with Crippen LogP contribution in [0, 0.1) is 5.92 Å². The molecule has 2 atom stereocenters. The van der Waals surface area contributed by atoms with Gasteiger partial charge in [-0.3, -0.25) is 4.79 Å². The number of carbonyl (C=O) groups is 1. The molecule has 1 saturated heterocycles. The fourth-order valence-electron chi connectivity index (χ4n) is 2.77. The van der Waals surface area contributed by atoms with E-state index >= 15 is 0 Å². The van der Waals surface area contributed by atoms with Gasteiger partial charge in [0, 0.05) is 19.0 Å². The predicted octanol–water partition coefficient (Wildman–Crippen LogP) is 3.55. The molecule has 1 amide bonds. The number of hydrogen-bond donors (Lipinski definition) is 0. The Morgan fingerprint density at radius 2 is 2.45 bits per heavy atom. The molecular weight excluding hydrogens is 298 g/mol. The zero-order valence-corrected chi connectivity index (χ0v) is 13.8. The first-order valence-electron chi connectivity index (χ1n) is 7.85. The van der Waals surface area contributed by atoms with Crippen molar-refractivity contribution in [3.8, 4) is 10.7 Å². The lowest BCUT2D eigenvalue weighted by molar-refractivity contribution is -0.136. The van der Waals surface area contributed by atoms with Crippen LogP contribution in [-0.4, -0.2) is 34.0 Å². The monoisotopic (exact) mass is 319 g/mol. The van der Waals surface area contributed by atoms with E-state index in [-0.39, 0.29) is 17.7 Å². The molecule has 0 spiro atoms. The van der Waals surface area contributed by atoms with E-state index < -0.39 is 0 Å². The number of nitrogens with zero attached hydrogens (tertiary/aromatic N) is 3. The number of carbonyl (C=O) groups excluding carboxylic acids is 1. The van der Waals surface area contributed by atoms with Gasteiger partial charge in [-0.25, -0.2) is 0 Å². The third kappa shape index (κ3) is 3.06. The summed E-state index contributed by atoms with van der Waals surface area (Å²) in [6.45, 7) is 5.57. The first-order chi connectivity index (χ1) is 10.7. The van der Waals surface area contributed by atoms with Crippen molar-refractivity contribution in [2.45, 2.75) is 39.0 Å². The first-order valence-corrected chi connectivity index (χ1v) is 8.73. The van der Waals surface area contributed by atoms with E-state index in [4.69, 9.17) is 4.52 Å². The summed E-state index contributed by atoms with van der Waals surface area (Å²) in [7, 11) is 0. The lowest BCUT2D eigenvalue weighted by Gasteiger charge is -2.32. The van der Waals surface area contributed by atoms with E-state index in [1.807, 2.05) is 29.3 Å². The van der Waals surface area contributed by atoms with Crippen LogP contribution in [0.2, 0.25) is 0 Å². The first kappa shape index (κ1) is 15.2. The molecule has 0 N–H and O–H groups in total. The molecule has 5 nitrogen and oxygen atoms in total. The summed E-state index contributed by atoms with van der Waals surface area (Å²) in [4.78, 5) is 19.9. The Balaban J connectivity index is 1.71. The standard InChI is InChI=1S/C16H21N3O2S/c1-3-11(2)16(20)19-8-4-6-12(10-19)15-17-14(18-21-15)13-7-5-9-22-13/h5,7,9,11-12H,3-4,6,8,10H2,1-2H3/t11-,12-/m0/s1. The molecule has 2 aromatic rings. The summed E-state index contributed by atoms with van der Waals surface area (Å²) in [5, 5.41) is 6.07. The second-order valence-electron chi connectivity index (χ2n) is 5.87. The van der Waals surface area contributed by atoms with Gasteiger partial charge in [-0.05, 0) is 30.7 Å². The molecule has 22 heavy (non-hydrogen) atoms. The summed E-state index contributed by atoms with van der Waals surface area (Å²) in [6, 6.07) is 3.96. The Morgan fingerprint density at radius 1 is 1.59 bits per heavy atom. The van der Waals surface area contributed by atoms with Gasteiger partial charge in [0.25, 0.3) is 0 Å². The Kier molecular flexibility index (Phi) is 4.57. The van der Waals surface area contributed by atoms with E-state index in [9.17, 15) is 4.79 Å². The highest BCUT2D eigenvalue weighted by molar-refractivity contribution is 7.13. The summed E-state index contributed by atoms with van der Waals surface area (Å²) < 4.78 is 5.45. The van der Waals surface area contributed by atoms with Crippen molar-refractivity contribution >= 4 is 17.2 Å². The second-order valence-corrected chi connectivity index (χ2v) is 6.81. The van der Waals surface area contributed by atoms with Crippen LogP contribution in [0.1, 0.15) is 44.9 Å². The maximum Gasteiger partial charge on any atom is 0.231 e. The zero-order chi connectivity index (χ0) is 15.5. The van der Waals surface area contributed by atoms with Crippen LogP contribution in [0.25, 0.3) is 10.7 Å². The van der Waals surface area contributed by atoms with Crippen LogP contribution in [-0.2, 0) is 4.79 Å². The van der Waals surface area contributed by atoms with Crippen molar-refractivity contribution in [3.63, 3.8) is 0 Å². The van der Waals surface area contributed by atoms with Crippen molar-refractivity contribution in [2.75, 3.05) is 13.1 Å². The van der Waals surface area contributed by atoms with Gasteiger partial charge < -0.3 is 9.42 Å². The van der Waals surface area contributed by atoms with Crippen LogP contribution in [0.3, 0.4) is 0 Å². The van der Waals surface area contributed by atoms with Gasteiger partial charge in [-0.2, -0.15) is 4.98 Å². The topological polar surface area (TPSA) is 59.2 Å². The van der Waals surface area contributed by atoms with E-state index in [2.05, 4.69) is 17.1 Å². The number of hydrogen-bond acceptors (Lipinski definition) is 5. The van der Waals surface area contributed by atoms with E-state index in [1.54, 1.807) is 11.3 Å². The Morgan fingerprint density at radius 3 is 3.18 bits per heavy atom. The third-order valence-electron chi connectivity index (χ3n) is 4.30. The minimum atomic E-state index is 0.0862. The average molecular weight is 319 g/mol. The molecule has 0 bridgehead atoms. The molecule has 0 saturated carbocycles. The van der Waals surface area contributed by atoms with Gasteiger partial charge >= 0.3 is 0 Å². The summed E-state index contributed by atoms with van der Waals surface area (Å²) in [6.07, 6.45) is 2.86. The number of rotatable bonds is 4. The molecular formula is C16H21N3O2S. The maximum atomic E-state index is 12.4. The van der Waals surface area contributed by atoms with Crippen molar-refractivity contribution < 1.29 is 9.32 Å². The Hall–Kier alpha value is -1.69. The highest BCUT2D eigenvalue weighted by Crippen LogP contribution is 2.29. The van der Waals surface area contributed by atoms with Gasteiger partial charge in [0.05, 0.1) is 10.8 Å². The van der Waals surface area contributed by atoms with Gasteiger partial charge in [0.15, 0.2) is 0 Å². The fraction of sp³-hybridized carbons (Fsp3) is 0.562. The zero-order valence-electron chi connectivity index (χ0n) is 13.0. The molecule has 6 heteroatoms. The lowest BCUT2D eigenvalue weighted by Crippen LogP contribution is -2.41. The average Bonchev–Trinajstić information content (AvgIpc) is 3.24. The van der Waals surface area contributed by atoms with Gasteiger partial charge in [-0.15, -0.1) is 11.3 Å². The number of amides is 1. The van der Waals surface area contributed by atoms with Gasteiger partial charge in [0.1, 0.15) is 0 Å². The lowest BCUT2D eigenvalue weighted by atomic mass is 9.96. The largest absolute Gasteiger partial charge is 0.342 e. The van der Waals surface area contributed by atoms with Crippen LogP contribution in [0.5, 0.6) is 0 Å². The van der Waals surface area contributed by atoms with Crippen LogP contribution < -0.4 is 0 Å². The van der Waals surface area contributed by atoms with Crippen molar-refractivity contribution in [3.05, 3.63) is 23.4 Å². The molecule has 118 valence electrons.